The maximum atomic E-state index is 13.9. The van der Waals surface area contributed by atoms with Gasteiger partial charge < -0.3 is 24.0 Å². The molecule has 1 amide bonds. The van der Waals surface area contributed by atoms with Crippen LogP contribution in [-0.2, 0) is 20.9 Å². The second-order valence-corrected chi connectivity index (χ2v) is 17.2. The molecule has 4 rings (SSSR count). The lowest BCUT2D eigenvalue weighted by atomic mass is 9.99. The van der Waals surface area contributed by atoms with Crippen molar-refractivity contribution in [3.63, 3.8) is 0 Å². The molecule has 0 saturated carbocycles. The largest absolute Gasteiger partial charge is 0.444 e. The number of piperazine rings is 1. The second kappa shape index (κ2) is 11.3. The number of anilines is 1. The van der Waals surface area contributed by atoms with Crippen molar-refractivity contribution in [2.24, 2.45) is 0 Å². The molecule has 2 aromatic heterocycles. The number of nitrogens with zero attached hydrogens (tertiary/aromatic N) is 6. The summed E-state index contributed by atoms with van der Waals surface area (Å²) >= 11 is 3.36. The molecule has 11 nitrogen and oxygen atoms in total. The molecule has 214 valence electrons. The van der Waals surface area contributed by atoms with Crippen LogP contribution in [-0.4, -0.2) is 106 Å². The van der Waals surface area contributed by atoms with Crippen LogP contribution in [0.25, 0.3) is 5.78 Å². The number of hydrogen-bond acceptors (Lipinski definition) is 8. The number of rotatable bonds is 9. The summed E-state index contributed by atoms with van der Waals surface area (Å²) in [7, 11) is -0.699. The van der Waals surface area contributed by atoms with Crippen LogP contribution < -0.4 is 10.5 Å². The monoisotopic (exact) mass is 616 g/mol. The lowest BCUT2D eigenvalue weighted by Crippen LogP contribution is -2.52. The summed E-state index contributed by atoms with van der Waals surface area (Å²) in [5.74, 6) is 1.45. The Bertz CT molecular complexity index is 1210. The molecular formula is C25H41BrN6O5S. The van der Waals surface area contributed by atoms with Crippen molar-refractivity contribution in [2.75, 3.05) is 68.8 Å². The third-order valence-corrected chi connectivity index (χ3v) is 8.25. The van der Waals surface area contributed by atoms with Gasteiger partial charge in [0.1, 0.15) is 18.0 Å². The summed E-state index contributed by atoms with van der Waals surface area (Å²) in [5.41, 5.74) is 0.664. The zero-order valence-corrected chi connectivity index (χ0v) is 25.9. The van der Waals surface area contributed by atoms with Gasteiger partial charge >= 0.3 is 6.09 Å². The van der Waals surface area contributed by atoms with E-state index in [-0.39, 0.29) is 30.4 Å². The number of aromatic nitrogens is 4. The van der Waals surface area contributed by atoms with Crippen molar-refractivity contribution >= 4 is 43.5 Å². The maximum Gasteiger partial charge on any atom is 0.410 e. The van der Waals surface area contributed by atoms with E-state index in [1.807, 2.05) is 25.3 Å². The number of carbonyl (C=O) groups excluding carboxylic acids is 1. The molecule has 2 fully saturated rings. The number of carbonyl (C=O) groups is 1. The molecule has 0 spiro atoms. The van der Waals surface area contributed by atoms with Crippen molar-refractivity contribution in [1.29, 1.82) is 0 Å². The van der Waals surface area contributed by atoms with Crippen LogP contribution in [0.4, 0.5) is 10.5 Å². The first-order chi connectivity index (χ1) is 17.7. The zero-order valence-electron chi connectivity index (χ0n) is 23.5. The van der Waals surface area contributed by atoms with E-state index >= 15 is 0 Å². The number of ether oxygens (including phenoxy) is 3. The van der Waals surface area contributed by atoms with Gasteiger partial charge in [0, 0.05) is 37.8 Å². The number of fused-ring (bicyclic) bond motifs is 1. The predicted molar refractivity (Wildman–Crippen MR) is 154 cm³/mol. The van der Waals surface area contributed by atoms with Crippen LogP contribution in [0.1, 0.15) is 45.7 Å². The lowest BCUT2D eigenvalue weighted by molar-refractivity contribution is 0.0240. The Hall–Kier alpha value is -1.83. The van der Waals surface area contributed by atoms with Crippen molar-refractivity contribution in [3.8, 4) is 0 Å². The molecule has 38 heavy (non-hydrogen) atoms. The minimum atomic E-state index is -0.699. The van der Waals surface area contributed by atoms with Crippen molar-refractivity contribution in [2.45, 2.75) is 58.5 Å². The maximum absolute atomic E-state index is 13.9. The van der Waals surface area contributed by atoms with Crippen LogP contribution in [0.5, 0.6) is 0 Å². The highest BCUT2D eigenvalue weighted by Gasteiger charge is 2.34. The van der Waals surface area contributed by atoms with E-state index in [0.717, 1.165) is 24.5 Å². The summed E-state index contributed by atoms with van der Waals surface area (Å²) in [6.45, 7) is 11.2. The first kappa shape index (κ1) is 29.2. The molecule has 0 aliphatic carbocycles. The highest BCUT2D eigenvalue weighted by Crippen LogP contribution is 2.35. The number of epoxide rings is 1. The van der Waals surface area contributed by atoms with Gasteiger partial charge in [-0.2, -0.15) is 9.50 Å². The average molecular weight is 618 g/mol. The van der Waals surface area contributed by atoms with Crippen LogP contribution in [0.2, 0.25) is 0 Å². The van der Waals surface area contributed by atoms with E-state index in [1.165, 1.54) is 4.52 Å². The van der Waals surface area contributed by atoms with Gasteiger partial charge in [-0.15, -0.1) is 5.10 Å². The molecule has 0 N–H and O–H groups in total. The highest BCUT2D eigenvalue weighted by atomic mass is 79.9. The topological polar surface area (TPSA) is 107 Å². The highest BCUT2D eigenvalue weighted by molar-refractivity contribution is 9.10. The summed E-state index contributed by atoms with van der Waals surface area (Å²) < 4.78 is 20.9. The SMILES string of the molecule is CC(CC1CO1)c1c(N2CCN(C(=O)OC(C)(C)C)CC2)c(=O)n2nc(Br)nc2n1COCCS(C)(C)C. The molecule has 2 aromatic rings. The minimum Gasteiger partial charge on any atom is -0.444 e. The average Bonchev–Trinajstić information content (AvgIpc) is 3.53. The van der Waals surface area contributed by atoms with Gasteiger partial charge in [0.2, 0.25) is 10.5 Å². The van der Waals surface area contributed by atoms with Gasteiger partial charge in [-0.05, 0) is 61.9 Å². The zero-order chi connectivity index (χ0) is 27.8. The van der Waals surface area contributed by atoms with Gasteiger partial charge in [0.05, 0.1) is 25.0 Å². The second-order valence-electron chi connectivity index (χ2n) is 11.9. The normalized spacial score (nSPS) is 19.6. The molecule has 0 aromatic carbocycles. The third-order valence-electron chi connectivity index (χ3n) is 6.53. The van der Waals surface area contributed by atoms with Gasteiger partial charge in [-0.1, -0.05) is 6.92 Å². The van der Waals surface area contributed by atoms with Gasteiger partial charge in [-0.3, -0.25) is 9.36 Å². The summed E-state index contributed by atoms with van der Waals surface area (Å²) in [5, 5.41) is 4.36. The summed E-state index contributed by atoms with van der Waals surface area (Å²) in [6, 6.07) is 0. The Kier molecular flexibility index (Phi) is 8.70. The minimum absolute atomic E-state index is 0.0198. The smallest absolute Gasteiger partial charge is 0.410 e. The van der Waals surface area contributed by atoms with Crippen LogP contribution in [0.3, 0.4) is 0 Å². The first-order valence-corrected chi connectivity index (χ1v) is 16.8. The molecule has 4 heterocycles. The Morgan fingerprint density at radius 1 is 1.21 bits per heavy atom. The van der Waals surface area contributed by atoms with Crippen LogP contribution in [0.15, 0.2) is 9.53 Å². The molecule has 2 aliphatic heterocycles. The fourth-order valence-electron chi connectivity index (χ4n) is 4.57. The van der Waals surface area contributed by atoms with E-state index < -0.39 is 15.6 Å². The standard InChI is InChI=1S/C25H41BrN6O5S/c1-17(14-18-15-36-18)19-20(29-8-10-30(11-9-29)24(34)37-25(2,3)4)21(33)32-23(27-22(26)28-32)31(19)16-35-12-13-38(5,6)7/h17-18H,8-16H2,1-7H3. The Morgan fingerprint density at radius 3 is 2.45 bits per heavy atom. The van der Waals surface area contributed by atoms with E-state index in [9.17, 15) is 9.59 Å². The van der Waals surface area contributed by atoms with E-state index in [4.69, 9.17) is 14.2 Å². The van der Waals surface area contributed by atoms with Crippen LogP contribution >= 0.6 is 26.0 Å². The first-order valence-electron chi connectivity index (χ1n) is 13.0. The summed E-state index contributed by atoms with van der Waals surface area (Å²) in [6.07, 6.45) is 7.45. The third kappa shape index (κ3) is 7.22. The number of halogens is 1. The van der Waals surface area contributed by atoms with Crippen LogP contribution in [0, 0.1) is 0 Å². The Balaban J connectivity index is 1.68. The molecule has 2 saturated heterocycles. The quantitative estimate of drug-likeness (QED) is 0.312. The van der Waals surface area contributed by atoms with E-state index in [1.54, 1.807) is 4.90 Å². The molecule has 13 heteroatoms. The number of amides is 1. The molecule has 2 aliphatic rings. The van der Waals surface area contributed by atoms with E-state index in [2.05, 4.69) is 56.6 Å². The molecule has 0 radical (unpaired) electrons. The Labute approximate surface area is 234 Å². The Morgan fingerprint density at radius 2 is 1.87 bits per heavy atom. The van der Waals surface area contributed by atoms with Crippen molar-refractivity contribution in [3.05, 3.63) is 20.8 Å². The molecular weight excluding hydrogens is 576 g/mol. The van der Waals surface area contributed by atoms with Gasteiger partial charge in [-0.25, -0.2) is 14.8 Å². The van der Waals surface area contributed by atoms with Gasteiger partial charge in [0.15, 0.2) is 0 Å². The molecule has 2 unspecified atom stereocenters. The fraction of sp³-hybridized carbons (Fsp3) is 0.760. The van der Waals surface area contributed by atoms with Crippen molar-refractivity contribution < 1.29 is 19.0 Å². The van der Waals surface area contributed by atoms with Crippen molar-refractivity contribution in [1.82, 2.24) is 24.1 Å². The van der Waals surface area contributed by atoms with E-state index in [0.29, 0.717) is 49.0 Å². The molecule has 0 bridgehead atoms. The predicted octanol–water partition coefficient (Wildman–Crippen LogP) is 3.27. The van der Waals surface area contributed by atoms with Gasteiger partial charge in [0.25, 0.3) is 5.56 Å². The number of hydrogen-bond donors (Lipinski definition) is 0. The molecule has 2 atom stereocenters. The summed E-state index contributed by atoms with van der Waals surface area (Å²) in [4.78, 5) is 34.8. The lowest BCUT2D eigenvalue weighted by Gasteiger charge is -2.38. The fourth-order valence-corrected chi connectivity index (χ4v) is 5.51.